The number of aromatic nitrogens is 3. The number of para-hydroxylation sites is 1. The van der Waals surface area contributed by atoms with Gasteiger partial charge in [0.25, 0.3) is 0 Å². The van der Waals surface area contributed by atoms with Gasteiger partial charge in [-0.15, -0.1) is 11.3 Å². The molecule has 4 unspecified atom stereocenters. The summed E-state index contributed by atoms with van der Waals surface area (Å²) >= 11 is 1.52. The minimum Gasteiger partial charge on any atom is -0.396 e. The van der Waals surface area contributed by atoms with Gasteiger partial charge < -0.3 is 26.0 Å². The molecule has 0 amide bonds. The van der Waals surface area contributed by atoms with Gasteiger partial charge in [0.2, 0.25) is 5.95 Å². The minimum atomic E-state index is -1.62. The van der Waals surface area contributed by atoms with E-state index in [1.807, 2.05) is 68.4 Å². The third-order valence-electron chi connectivity index (χ3n) is 6.64. The Hall–Kier alpha value is -3.11. The number of anilines is 2. The predicted molar refractivity (Wildman–Crippen MR) is 138 cm³/mol. The van der Waals surface area contributed by atoms with Crippen molar-refractivity contribution in [1.29, 1.82) is 0 Å². The van der Waals surface area contributed by atoms with E-state index in [1.54, 1.807) is 0 Å². The molecule has 0 radical (unpaired) electrons. The molecule has 0 saturated heterocycles. The van der Waals surface area contributed by atoms with E-state index in [0.717, 1.165) is 20.8 Å². The first-order chi connectivity index (χ1) is 16.9. The number of hydrogen-bond donors (Lipinski definition) is 5. The Morgan fingerprint density at radius 1 is 1.09 bits per heavy atom. The number of aliphatic hydroxyl groups excluding tert-OH is 2. The molecule has 0 bridgehead atoms. The third kappa shape index (κ3) is 4.60. The van der Waals surface area contributed by atoms with Crippen molar-refractivity contribution in [2.24, 2.45) is 5.92 Å². The van der Waals surface area contributed by atoms with E-state index in [1.165, 1.54) is 11.3 Å². The molecule has 2 aromatic heterocycles. The van der Waals surface area contributed by atoms with Gasteiger partial charge in [0.05, 0.1) is 27.5 Å². The van der Waals surface area contributed by atoms with E-state index >= 15 is 0 Å². The molecule has 4 aromatic rings. The zero-order valence-electron chi connectivity index (χ0n) is 19.6. The summed E-state index contributed by atoms with van der Waals surface area (Å²) in [5.74, 6) is 0.387. The van der Waals surface area contributed by atoms with E-state index in [9.17, 15) is 15.3 Å². The molecule has 1 aliphatic rings. The first-order valence-electron chi connectivity index (χ1n) is 11.7. The standard InChI is InChI=1S/C26H29N5O3S/c1-15(17-8-4-3-5-9-17)27-25-28-16(2)21(24-29-19-10-6-7-11-20(19)35-24)23(30-25)31-26(34)13-12-18(14-32)22(26)33/h3-11,15,18,22,32-34H,12-14H2,1-2H3,(H2,27,28,30,31). The van der Waals surface area contributed by atoms with Gasteiger partial charge in [-0.2, -0.15) is 4.98 Å². The van der Waals surface area contributed by atoms with E-state index in [-0.39, 0.29) is 19.1 Å². The van der Waals surface area contributed by atoms with Crippen LogP contribution in [0.15, 0.2) is 54.6 Å². The number of benzene rings is 2. The van der Waals surface area contributed by atoms with Gasteiger partial charge in [0, 0.05) is 12.5 Å². The van der Waals surface area contributed by atoms with Crippen molar-refractivity contribution in [2.45, 2.75) is 44.6 Å². The summed E-state index contributed by atoms with van der Waals surface area (Å²) in [6.07, 6.45) is -0.353. The predicted octanol–water partition coefficient (Wildman–Crippen LogP) is 4.10. The quantitative estimate of drug-likeness (QED) is 0.245. The zero-order valence-corrected chi connectivity index (χ0v) is 20.5. The summed E-state index contributed by atoms with van der Waals surface area (Å²) in [5.41, 5.74) is 1.71. The Labute approximate surface area is 207 Å². The molecule has 0 aliphatic heterocycles. The second-order valence-electron chi connectivity index (χ2n) is 9.10. The molecule has 0 spiro atoms. The summed E-state index contributed by atoms with van der Waals surface area (Å²) in [4.78, 5) is 14.2. The van der Waals surface area contributed by atoms with Gasteiger partial charge in [-0.05, 0) is 44.4 Å². The van der Waals surface area contributed by atoms with Crippen LogP contribution in [0.2, 0.25) is 0 Å². The maximum atomic E-state index is 11.3. The average Bonchev–Trinajstić information content (AvgIpc) is 3.40. The molecule has 9 heteroatoms. The van der Waals surface area contributed by atoms with E-state index in [0.29, 0.717) is 29.4 Å². The number of aliphatic hydroxyl groups is 3. The van der Waals surface area contributed by atoms with Crippen molar-refractivity contribution in [3.8, 4) is 10.6 Å². The lowest BCUT2D eigenvalue weighted by Crippen LogP contribution is -2.48. The molecule has 5 N–H and O–H groups in total. The van der Waals surface area contributed by atoms with Gasteiger partial charge in [-0.3, -0.25) is 0 Å². The first-order valence-corrected chi connectivity index (χ1v) is 12.5. The highest BCUT2D eigenvalue weighted by Crippen LogP contribution is 2.40. The van der Waals surface area contributed by atoms with Crippen LogP contribution in [0.25, 0.3) is 20.8 Å². The number of thiazole rings is 1. The van der Waals surface area contributed by atoms with Crippen LogP contribution in [0, 0.1) is 12.8 Å². The molecular weight excluding hydrogens is 462 g/mol. The van der Waals surface area contributed by atoms with Crippen LogP contribution >= 0.6 is 11.3 Å². The second kappa shape index (κ2) is 9.50. The molecule has 1 fully saturated rings. The number of aryl methyl sites for hydroxylation is 1. The van der Waals surface area contributed by atoms with Gasteiger partial charge >= 0.3 is 0 Å². The van der Waals surface area contributed by atoms with Crippen molar-refractivity contribution >= 4 is 33.3 Å². The molecule has 1 saturated carbocycles. The van der Waals surface area contributed by atoms with E-state index in [2.05, 4.69) is 10.6 Å². The summed E-state index contributed by atoms with van der Waals surface area (Å²) < 4.78 is 1.03. The molecule has 35 heavy (non-hydrogen) atoms. The molecule has 4 atom stereocenters. The Kier molecular flexibility index (Phi) is 6.41. The summed E-state index contributed by atoms with van der Waals surface area (Å²) in [6.45, 7) is 3.72. The highest BCUT2D eigenvalue weighted by molar-refractivity contribution is 7.21. The number of hydrogen-bond acceptors (Lipinski definition) is 9. The van der Waals surface area contributed by atoms with Crippen LogP contribution in [-0.2, 0) is 0 Å². The fraction of sp³-hybridized carbons (Fsp3) is 0.346. The highest BCUT2D eigenvalue weighted by atomic mass is 32.1. The fourth-order valence-corrected chi connectivity index (χ4v) is 5.68. The average molecular weight is 492 g/mol. The van der Waals surface area contributed by atoms with Crippen LogP contribution in [0.4, 0.5) is 11.8 Å². The topological polar surface area (TPSA) is 123 Å². The summed E-state index contributed by atoms with van der Waals surface area (Å²) in [7, 11) is 0. The zero-order chi connectivity index (χ0) is 24.6. The van der Waals surface area contributed by atoms with Crippen LogP contribution in [0.5, 0.6) is 0 Å². The van der Waals surface area contributed by atoms with Crippen LogP contribution in [-0.4, -0.2) is 48.7 Å². The number of fused-ring (bicyclic) bond motifs is 1. The third-order valence-corrected chi connectivity index (χ3v) is 7.70. The molecule has 1 aliphatic carbocycles. The monoisotopic (exact) mass is 491 g/mol. The second-order valence-corrected chi connectivity index (χ2v) is 10.1. The SMILES string of the molecule is Cc1nc(NC(C)c2ccccc2)nc(NC2(O)CCC(CO)C2O)c1-c1nc2ccccc2s1. The number of nitrogens with one attached hydrogen (secondary N) is 2. The Bertz CT molecular complexity index is 1300. The van der Waals surface area contributed by atoms with Gasteiger partial charge in [-0.1, -0.05) is 42.5 Å². The fourth-order valence-electron chi connectivity index (χ4n) is 4.62. The normalized spacial score (nSPS) is 22.9. The molecule has 5 rings (SSSR count). The van der Waals surface area contributed by atoms with Gasteiger partial charge in [0.15, 0.2) is 5.72 Å². The summed E-state index contributed by atoms with van der Waals surface area (Å²) in [5, 5.41) is 38.8. The van der Waals surface area contributed by atoms with E-state index < -0.39 is 17.7 Å². The van der Waals surface area contributed by atoms with Crippen molar-refractivity contribution in [1.82, 2.24) is 15.0 Å². The Morgan fingerprint density at radius 3 is 2.54 bits per heavy atom. The summed E-state index contributed by atoms with van der Waals surface area (Å²) in [6, 6.07) is 17.8. The molecule has 2 heterocycles. The molecular formula is C26H29N5O3S. The van der Waals surface area contributed by atoms with Crippen molar-refractivity contribution in [2.75, 3.05) is 17.2 Å². The lowest BCUT2D eigenvalue weighted by molar-refractivity contribution is -0.0545. The van der Waals surface area contributed by atoms with Crippen LogP contribution in [0.1, 0.15) is 37.1 Å². The lowest BCUT2D eigenvalue weighted by atomic mass is 10.0. The largest absolute Gasteiger partial charge is 0.396 e. The van der Waals surface area contributed by atoms with Gasteiger partial charge in [-0.25, -0.2) is 9.97 Å². The maximum Gasteiger partial charge on any atom is 0.225 e. The highest BCUT2D eigenvalue weighted by Gasteiger charge is 2.47. The first kappa shape index (κ1) is 23.6. The van der Waals surface area contributed by atoms with Crippen molar-refractivity contribution in [3.63, 3.8) is 0 Å². The van der Waals surface area contributed by atoms with Crippen molar-refractivity contribution in [3.05, 3.63) is 65.9 Å². The van der Waals surface area contributed by atoms with Crippen LogP contribution in [0.3, 0.4) is 0 Å². The molecule has 8 nitrogen and oxygen atoms in total. The molecule has 2 aromatic carbocycles. The lowest BCUT2D eigenvalue weighted by Gasteiger charge is -2.31. The smallest absolute Gasteiger partial charge is 0.225 e. The maximum absolute atomic E-state index is 11.3. The number of nitrogens with zero attached hydrogens (tertiary/aromatic N) is 3. The van der Waals surface area contributed by atoms with Crippen LogP contribution < -0.4 is 10.6 Å². The van der Waals surface area contributed by atoms with Crippen molar-refractivity contribution < 1.29 is 15.3 Å². The van der Waals surface area contributed by atoms with E-state index in [4.69, 9.17) is 15.0 Å². The molecule has 182 valence electrons. The Balaban J connectivity index is 1.56. The Morgan fingerprint density at radius 2 is 1.83 bits per heavy atom. The van der Waals surface area contributed by atoms with Gasteiger partial charge in [0.1, 0.15) is 16.9 Å². The number of rotatable bonds is 7. The minimum absolute atomic E-state index is 0.0457.